The van der Waals surface area contributed by atoms with E-state index in [4.69, 9.17) is 9.47 Å². The van der Waals surface area contributed by atoms with Gasteiger partial charge in [-0.2, -0.15) is 4.98 Å². The van der Waals surface area contributed by atoms with Gasteiger partial charge in [0, 0.05) is 45.2 Å². The number of likely N-dealkylation sites (N-methyl/N-ethyl adjacent to an activating group) is 1. The third-order valence-electron chi connectivity index (χ3n) is 5.97. The summed E-state index contributed by atoms with van der Waals surface area (Å²) in [6.45, 7) is 3.74. The van der Waals surface area contributed by atoms with Crippen molar-refractivity contribution in [3.63, 3.8) is 0 Å². The largest absolute Gasteiger partial charge is 0.490 e. The van der Waals surface area contributed by atoms with Crippen LogP contribution in [-0.4, -0.2) is 54.3 Å². The number of methoxy groups -OCH3 is 1. The van der Waals surface area contributed by atoms with E-state index in [2.05, 4.69) is 20.6 Å². The molecule has 4 rings (SSSR count). The van der Waals surface area contributed by atoms with Gasteiger partial charge in [-0.25, -0.2) is 18.2 Å². The van der Waals surface area contributed by atoms with E-state index in [1.54, 1.807) is 25.8 Å². The fourth-order valence-corrected chi connectivity index (χ4v) is 3.84. The lowest BCUT2D eigenvalue weighted by atomic mass is 9.89. The van der Waals surface area contributed by atoms with Gasteiger partial charge < -0.3 is 25.0 Å². The van der Waals surface area contributed by atoms with Gasteiger partial charge >= 0.3 is 0 Å². The fraction of sp³-hybridized carbons (Fsp3) is 0.476. The molecule has 1 fully saturated rings. The quantitative estimate of drug-likeness (QED) is 0.653. The van der Waals surface area contributed by atoms with Gasteiger partial charge in [0.05, 0.1) is 12.3 Å². The van der Waals surface area contributed by atoms with Crippen LogP contribution in [-0.2, 0) is 9.53 Å². The molecule has 2 heterocycles. The molecule has 1 saturated carbocycles. The van der Waals surface area contributed by atoms with Gasteiger partial charge in [0.2, 0.25) is 5.95 Å². The molecule has 32 heavy (non-hydrogen) atoms. The number of ether oxygens (including phenoxy) is 2. The summed E-state index contributed by atoms with van der Waals surface area (Å²) in [5.41, 5.74) is 0.239. The Bertz CT molecular complexity index is 1040. The van der Waals surface area contributed by atoms with E-state index in [9.17, 15) is 18.0 Å². The molecule has 0 saturated heterocycles. The van der Waals surface area contributed by atoms with Crippen LogP contribution in [0.5, 0.6) is 5.75 Å². The SMILES string of the molecule is COC[C@@]1(C)C(=O)Nc2c(C)nc(N[C@H]3C[C@H](Oc4cc(F)c(F)c(F)c4)C3)nc2N1C. The average molecular weight is 451 g/mol. The number of benzene rings is 1. The topological polar surface area (TPSA) is 88.6 Å². The second kappa shape index (κ2) is 8.12. The molecule has 1 aliphatic carbocycles. The second-order valence-corrected chi connectivity index (χ2v) is 8.30. The van der Waals surface area contributed by atoms with E-state index >= 15 is 0 Å². The van der Waals surface area contributed by atoms with Gasteiger partial charge in [0.25, 0.3) is 5.91 Å². The first-order valence-corrected chi connectivity index (χ1v) is 10.1. The Morgan fingerprint density at radius 3 is 2.53 bits per heavy atom. The van der Waals surface area contributed by atoms with E-state index in [-0.39, 0.29) is 30.4 Å². The molecule has 1 aliphatic heterocycles. The molecule has 11 heteroatoms. The van der Waals surface area contributed by atoms with Crippen LogP contribution in [0.15, 0.2) is 12.1 Å². The number of anilines is 3. The van der Waals surface area contributed by atoms with Gasteiger partial charge in [0.15, 0.2) is 23.3 Å². The van der Waals surface area contributed by atoms with Gasteiger partial charge in [0.1, 0.15) is 23.1 Å². The van der Waals surface area contributed by atoms with Crippen molar-refractivity contribution in [3.05, 3.63) is 35.3 Å². The van der Waals surface area contributed by atoms with Crippen LogP contribution in [0.25, 0.3) is 0 Å². The molecule has 172 valence electrons. The highest BCUT2D eigenvalue weighted by molar-refractivity contribution is 6.06. The Hall–Kier alpha value is -3.08. The lowest BCUT2D eigenvalue weighted by Gasteiger charge is -2.42. The van der Waals surface area contributed by atoms with Crippen LogP contribution in [0.2, 0.25) is 0 Å². The molecule has 1 atom stereocenters. The Balaban J connectivity index is 1.43. The fourth-order valence-electron chi connectivity index (χ4n) is 3.84. The molecule has 8 nitrogen and oxygen atoms in total. The first kappa shape index (κ1) is 22.1. The maximum absolute atomic E-state index is 13.3. The van der Waals surface area contributed by atoms with Gasteiger partial charge in [-0.3, -0.25) is 4.79 Å². The number of amides is 1. The van der Waals surface area contributed by atoms with Crippen molar-refractivity contribution in [2.75, 3.05) is 36.3 Å². The zero-order valence-electron chi connectivity index (χ0n) is 18.1. The molecule has 0 bridgehead atoms. The van der Waals surface area contributed by atoms with E-state index in [1.807, 2.05) is 0 Å². The number of hydrogen-bond donors (Lipinski definition) is 2. The highest BCUT2D eigenvalue weighted by Gasteiger charge is 2.44. The maximum atomic E-state index is 13.3. The molecule has 0 spiro atoms. The van der Waals surface area contributed by atoms with Crippen LogP contribution < -0.4 is 20.3 Å². The van der Waals surface area contributed by atoms with Crippen molar-refractivity contribution < 1.29 is 27.4 Å². The number of rotatable bonds is 6. The van der Waals surface area contributed by atoms with Crippen molar-refractivity contribution in [2.45, 2.75) is 44.4 Å². The van der Waals surface area contributed by atoms with Gasteiger partial charge in [-0.05, 0) is 13.8 Å². The highest BCUT2D eigenvalue weighted by atomic mass is 19.2. The Kier molecular flexibility index (Phi) is 5.61. The van der Waals surface area contributed by atoms with Crippen LogP contribution in [0.1, 0.15) is 25.5 Å². The predicted molar refractivity (Wildman–Crippen MR) is 111 cm³/mol. The molecule has 0 unspecified atom stereocenters. The number of carbonyl (C=O) groups is 1. The minimum absolute atomic E-state index is 0.0126. The molecule has 0 radical (unpaired) electrons. The van der Waals surface area contributed by atoms with E-state index < -0.39 is 23.0 Å². The van der Waals surface area contributed by atoms with Crippen LogP contribution >= 0.6 is 0 Å². The summed E-state index contributed by atoms with van der Waals surface area (Å²) in [6, 6.07) is 1.65. The first-order valence-electron chi connectivity index (χ1n) is 10.1. The molecular formula is C21H24F3N5O3. The second-order valence-electron chi connectivity index (χ2n) is 8.30. The number of carbonyl (C=O) groups excluding carboxylic acids is 1. The van der Waals surface area contributed by atoms with Crippen molar-refractivity contribution >= 4 is 23.4 Å². The lowest BCUT2D eigenvalue weighted by molar-refractivity contribution is -0.122. The first-order chi connectivity index (χ1) is 15.1. The van der Waals surface area contributed by atoms with Gasteiger partial charge in [-0.1, -0.05) is 0 Å². The summed E-state index contributed by atoms with van der Waals surface area (Å²) < 4.78 is 50.5. The molecule has 2 aromatic rings. The molecular weight excluding hydrogens is 427 g/mol. The monoisotopic (exact) mass is 451 g/mol. The predicted octanol–water partition coefficient (Wildman–Crippen LogP) is 3.02. The van der Waals surface area contributed by atoms with E-state index in [0.29, 0.717) is 36.0 Å². The van der Waals surface area contributed by atoms with Crippen LogP contribution in [0, 0.1) is 24.4 Å². The Morgan fingerprint density at radius 2 is 1.91 bits per heavy atom. The summed E-state index contributed by atoms with van der Waals surface area (Å²) >= 11 is 0. The molecule has 2 N–H and O–H groups in total. The molecule has 2 aliphatic rings. The normalized spacial score (nSPS) is 24.5. The summed E-state index contributed by atoms with van der Waals surface area (Å²) in [5, 5.41) is 6.10. The zero-order valence-corrected chi connectivity index (χ0v) is 18.1. The smallest absolute Gasteiger partial charge is 0.252 e. The Labute approximate surface area is 183 Å². The van der Waals surface area contributed by atoms with Gasteiger partial charge in [-0.15, -0.1) is 0 Å². The molecule has 1 amide bonds. The summed E-state index contributed by atoms with van der Waals surface area (Å²) in [4.78, 5) is 23.4. The lowest BCUT2D eigenvalue weighted by Crippen LogP contribution is -2.59. The Morgan fingerprint density at radius 1 is 1.25 bits per heavy atom. The van der Waals surface area contributed by atoms with Crippen molar-refractivity contribution in [3.8, 4) is 5.75 Å². The zero-order chi connectivity index (χ0) is 23.2. The minimum Gasteiger partial charge on any atom is -0.490 e. The van der Waals surface area contributed by atoms with Crippen molar-refractivity contribution in [1.29, 1.82) is 0 Å². The number of nitrogens with one attached hydrogen (secondary N) is 2. The standard InChI is InChI=1S/C21H24F3N5O3/c1-10-17-18(29(3)21(2,9-31-4)19(30)27-17)28-20(25-10)26-11-5-12(6-11)32-13-7-14(22)16(24)15(23)8-13/h7-8,11-12H,5-6,9H2,1-4H3,(H,27,30)(H,25,26,28)/t11-,12-,21-/m0/s1. The van der Waals surface area contributed by atoms with E-state index in [1.165, 1.54) is 7.11 Å². The van der Waals surface area contributed by atoms with Crippen LogP contribution in [0.4, 0.5) is 30.6 Å². The summed E-state index contributed by atoms with van der Waals surface area (Å²) in [7, 11) is 3.31. The highest BCUT2D eigenvalue weighted by Crippen LogP contribution is 2.37. The number of hydrogen-bond acceptors (Lipinski definition) is 7. The van der Waals surface area contributed by atoms with Crippen LogP contribution in [0.3, 0.4) is 0 Å². The number of nitrogens with zero attached hydrogens (tertiary/aromatic N) is 3. The third kappa shape index (κ3) is 3.81. The molecule has 1 aromatic carbocycles. The number of fused-ring (bicyclic) bond motifs is 1. The number of aryl methyl sites for hydroxylation is 1. The molecule has 1 aromatic heterocycles. The summed E-state index contributed by atoms with van der Waals surface area (Å²) in [6.07, 6.45) is 0.824. The maximum Gasteiger partial charge on any atom is 0.252 e. The summed E-state index contributed by atoms with van der Waals surface area (Å²) in [5.74, 6) is -3.38. The third-order valence-corrected chi connectivity index (χ3v) is 5.97. The van der Waals surface area contributed by atoms with Crippen molar-refractivity contribution in [1.82, 2.24) is 9.97 Å². The minimum atomic E-state index is -1.52. The van der Waals surface area contributed by atoms with Crippen molar-refractivity contribution in [2.24, 2.45) is 0 Å². The number of aromatic nitrogens is 2. The average Bonchev–Trinajstić information content (AvgIpc) is 2.70. The van der Waals surface area contributed by atoms with E-state index in [0.717, 1.165) is 12.1 Å². The number of halogens is 3.